The number of carboxylic acids is 1. The Labute approximate surface area is 151 Å². The second-order valence-electron chi connectivity index (χ2n) is 6.74. The van der Waals surface area contributed by atoms with E-state index in [1.807, 2.05) is 0 Å². The fourth-order valence-corrected chi connectivity index (χ4v) is 2.84. The van der Waals surface area contributed by atoms with E-state index >= 15 is 0 Å². The normalized spacial score (nSPS) is 22.3. The molecule has 0 bridgehead atoms. The molecule has 1 saturated carbocycles. The van der Waals surface area contributed by atoms with Crippen LogP contribution in [0.5, 0.6) is 0 Å². The van der Waals surface area contributed by atoms with Gasteiger partial charge < -0.3 is 26.2 Å². The van der Waals surface area contributed by atoms with Crippen LogP contribution in [0.2, 0.25) is 6.32 Å². The molecule has 138 valence electrons. The van der Waals surface area contributed by atoms with Gasteiger partial charge >= 0.3 is 13.1 Å². The molecule has 6 nitrogen and oxygen atoms in total. The fraction of sp³-hybridized carbons (Fsp3) is 0.929. The molecular formula is C14H31BCl2N2O4. The van der Waals surface area contributed by atoms with Gasteiger partial charge in [0.25, 0.3) is 0 Å². The standard InChI is InChI=1S/C14H29BN2O4.2ClH/c1-10(2)9-17-12-7-11(8-12)14(16,13(18)19)5-3-4-6-15(20)21;;/h10-12,17,20-21H,3-9,16H2,1-2H3,(H,18,19);2*1H/t11-,12+,14?;;. The number of nitrogens with one attached hydrogen (secondary N) is 1. The lowest BCUT2D eigenvalue weighted by Gasteiger charge is -2.45. The van der Waals surface area contributed by atoms with Crippen molar-refractivity contribution in [3.8, 4) is 0 Å². The van der Waals surface area contributed by atoms with Gasteiger partial charge in [0.05, 0.1) is 0 Å². The van der Waals surface area contributed by atoms with E-state index in [1.54, 1.807) is 0 Å². The van der Waals surface area contributed by atoms with Crippen LogP contribution in [0.4, 0.5) is 0 Å². The molecule has 0 saturated heterocycles. The molecule has 0 spiro atoms. The van der Waals surface area contributed by atoms with Gasteiger partial charge in [0.1, 0.15) is 5.54 Å². The summed E-state index contributed by atoms with van der Waals surface area (Å²) >= 11 is 0. The van der Waals surface area contributed by atoms with Crippen molar-refractivity contribution in [1.82, 2.24) is 5.32 Å². The van der Waals surface area contributed by atoms with Crippen molar-refractivity contribution in [2.24, 2.45) is 17.6 Å². The molecule has 0 aliphatic heterocycles. The van der Waals surface area contributed by atoms with Gasteiger partial charge in [-0.2, -0.15) is 0 Å². The maximum atomic E-state index is 11.5. The molecule has 1 atom stereocenters. The monoisotopic (exact) mass is 372 g/mol. The molecule has 0 heterocycles. The number of hydrogen-bond acceptors (Lipinski definition) is 5. The van der Waals surface area contributed by atoms with Crippen LogP contribution < -0.4 is 11.1 Å². The minimum Gasteiger partial charge on any atom is -0.480 e. The molecule has 0 amide bonds. The van der Waals surface area contributed by atoms with Crippen LogP contribution in [0.25, 0.3) is 0 Å². The van der Waals surface area contributed by atoms with Gasteiger partial charge in [-0.25, -0.2) is 0 Å². The Morgan fingerprint density at radius 2 is 1.87 bits per heavy atom. The highest BCUT2D eigenvalue weighted by atomic mass is 35.5. The molecule has 0 aromatic carbocycles. The van der Waals surface area contributed by atoms with E-state index in [-0.39, 0.29) is 37.1 Å². The van der Waals surface area contributed by atoms with E-state index in [9.17, 15) is 9.90 Å². The lowest BCUT2D eigenvalue weighted by molar-refractivity contribution is -0.148. The number of carboxylic acid groups (broad SMARTS) is 1. The maximum absolute atomic E-state index is 11.5. The Hall–Kier alpha value is -0.0451. The number of nitrogens with two attached hydrogens (primary N) is 1. The van der Waals surface area contributed by atoms with Crippen molar-refractivity contribution >= 4 is 37.9 Å². The molecule has 1 unspecified atom stereocenters. The van der Waals surface area contributed by atoms with Crippen LogP contribution in [0.15, 0.2) is 0 Å². The van der Waals surface area contributed by atoms with Gasteiger partial charge in [-0.1, -0.05) is 26.7 Å². The Morgan fingerprint density at radius 3 is 2.30 bits per heavy atom. The van der Waals surface area contributed by atoms with Crippen molar-refractivity contribution in [2.75, 3.05) is 6.54 Å². The third kappa shape index (κ3) is 8.05. The fourth-order valence-electron chi connectivity index (χ4n) is 2.84. The van der Waals surface area contributed by atoms with Gasteiger partial charge in [-0.05, 0) is 44.0 Å². The first-order valence-corrected chi connectivity index (χ1v) is 7.87. The van der Waals surface area contributed by atoms with Crippen LogP contribution in [-0.4, -0.2) is 46.4 Å². The van der Waals surface area contributed by atoms with Crippen molar-refractivity contribution in [1.29, 1.82) is 0 Å². The molecule has 1 fully saturated rings. The summed E-state index contributed by atoms with van der Waals surface area (Å²) < 4.78 is 0. The zero-order chi connectivity index (χ0) is 16.0. The van der Waals surface area contributed by atoms with E-state index < -0.39 is 18.6 Å². The van der Waals surface area contributed by atoms with E-state index in [2.05, 4.69) is 19.2 Å². The molecule has 0 radical (unpaired) electrons. The van der Waals surface area contributed by atoms with Gasteiger partial charge in [-0.3, -0.25) is 4.79 Å². The summed E-state index contributed by atoms with van der Waals surface area (Å²) in [5.74, 6) is -0.367. The van der Waals surface area contributed by atoms with E-state index in [4.69, 9.17) is 15.8 Å². The predicted octanol–water partition coefficient (Wildman–Crippen LogP) is 1.28. The molecular weight excluding hydrogens is 342 g/mol. The van der Waals surface area contributed by atoms with Crippen molar-refractivity contribution < 1.29 is 19.9 Å². The predicted molar refractivity (Wildman–Crippen MR) is 97.3 cm³/mol. The highest BCUT2D eigenvalue weighted by Crippen LogP contribution is 2.38. The molecule has 6 N–H and O–H groups in total. The molecule has 0 aromatic rings. The van der Waals surface area contributed by atoms with Crippen molar-refractivity contribution in [3.63, 3.8) is 0 Å². The molecule has 23 heavy (non-hydrogen) atoms. The first-order chi connectivity index (χ1) is 9.75. The van der Waals surface area contributed by atoms with Gasteiger partial charge in [0, 0.05) is 6.04 Å². The number of hydrogen-bond donors (Lipinski definition) is 5. The number of rotatable bonds is 10. The van der Waals surface area contributed by atoms with Crippen LogP contribution in [0.3, 0.4) is 0 Å². The van der Waals surface area contributed by atoms with Gasteiger partial charge in [0.15, 0.2) is 0 Å². The van der Waals surface area contributed by atoms with Crippen molar-refractivity contribution in [3.05, 3.63) is 0 Å². The summed E-state index contributed by atoms with van der Waals surface area (Å²) in [7, 11) is -1.32. The molecule has 9 heteroatoms. The molecule has 0 aromatic heterocycles. The highest BCUT2D eigenvalue weighted by Gasteiger charge is 2.47. The minimum atomic E-state index is -1.32. The Kier molecular flexibility index (Phi) is 12.6. The molecule has 1 rings (SSSR count). The Morgan fingerprint density at radius 1 is 1.30 bits per heavy atom. The number of aliphatic carboxylic acids is 1. The lowest BCUT2D eigenvalue weighted by Crippen LogP contribution is -2.61. The smallest absolute Gasteiger partial charge is 0.451 e. The Balaban J connectivity index is 0. The Bertz CT molecular complexity index is 345. The summed E-state index contributed by atoms with van der Waals surface area (Å²) in [5.41, 5.74) is 4.94. The molecule has 1 aliphatic carbocycles. The van der Waals surface area contributed by atoms with Gasteiger partial charge in [-0.15, -0.1) is 24.8 Å². The summed E-state index contributed by atoms with van der Waals surface area (Å²) in [4.78, 5) is 11.5. The van der Waals surface area contributed by atoms with E-state index in [0.29, 0.717) is 31.2 Å². The highest BCUT2D eigenvalue weighted by molar-refractivity contribution is 6.40. The van der Waals surface area contributed by atoms with E-state index in [1.165, 1.54) is 0 Å². The summed E-state index contributed by atoms with van der Waals surface area (Å²) in [5, 5.41) is 30.5. The summed E-state index contributed by atoms with van der Waals surface area (Å²) in [6, 6.07) is 0.374. The summed E-state index contributed by atoms with van der Waals surface area (Å²) in [6.45, 7) is 5.23. The average Bonchev–Trinajstić information content (AvgIpc) is 2.31. The quantitative estimate of drug-likeness (QED) is 0.291. The lowest BCUT2D eigenvalue weighted by atomic mass is 9.66. The van der Waals surface area contributed by atoms with Crippen LogP contribution >= 0.6 is 24.8 Å². The number of unbranched alkanes of at least 4 members (excludes halogenated alkanes) is 1. The first kappa shape index (κ1) is 25.2. The van der Waals surface area contributed by atoms with Crippen LogP contribution in [0, 0.1) is 11.8 Å². The second-order valence-corrected chi connectivity index (χ2v) is 6.74. The number of carbonyl (C=O) groups is 1. The minimum absolute atomic E-state index is 0. The topological polar surface area (TPSA) is 116 Å². The average molecular weight is 373 g/mol. The van der Waals surface area contributed by atoms with Crippen molar-refractivity contribution in [2.45, 2.75) is 63.9 Å². The molecule has 1 aliphatic rings. The third-order valence-electron chi connectivity index (χ3n) is 4.38. The van der Waals surface area contributed by atoms with Crippen LogP contribution in [0.1, 0.15) is 46.0 Å². The largest absolute Gasteiger partial charge is 0.480 e. The van der Waals surface area contributed by atoms with Gasteiger partial charge in [0.2, 0.25) is 0 Å². The SMILES string of the molecule is CC(C)CN[C@H]1C[C@@H](C(N)(CCCCB(O)O)C(=O)O)C1.Cl.Cl. The van der Waals surface area contributed by atoms with E-state index in [0.717, 1.165) is 19.4 Å². The summed E-state index contributed by atoms with van der Waals surface area (Å²) in [6.07, 6.45) is 3.43. The van der Waals surface area contributed by atoms with Crippen LogP contribution in [-0.2, 0) is 4.79 Å². The zero-order valence-corrected chi connectivity index (χ0v) is 15.5. The zero-order valence-electron chi connectivity index (χ0n) is 13.9. The first-order valence-electron chi connectivity index (χ1n) is 7.87. The second kappa shape index (κ2) is 11.5. The third-order valence-corrected chi connectivity index (χ3v) is 4.38. The number of halogens is 2. The maximum Gasteiger partial charge on any atom is 0.451 e.